The van der Waals surface area contributed by atoms with Crippen LogP contribution in [0, 0.1) is 0 Å². The normalized spacial score (nSPS) is 11.5. The Morgan fingerprint density at radius 2 is 1.80 bits per heavy atom. The van der Waals surface area contributed by atoms with E-state index in [9.17, 15) is 13.2 Å². The molecule has 0 aliphatic rings. The molecule has 0 fully saturated rings. The van der Waals surface area contributed by atoms with E-state index in [-0.39, 0.29) is 28.8 Å². The van der Waals surface area contributed by atoms with Crippen molar-refractivity contribution in [2.45, 2.75) is 18.2 Å². The Morgan fingerprint density at radius 1 is 1.10 bits per heavy atom. The first-order valence-corrected chi connectivity index (χ1v) is 12.1. The molecule has 0 saturated heterocycles. The van der Waals surface area contributed by atoms with Crippen LogP contribution < -0.4 is 4.90 Å². The first-order chi connectivity index (χ1) is 13.7. The lowest BCUT2D eigenvalue weighted by Crippen LogP contribution is -2.37. The van der Waals surface area contributed by atoms with Crippen LogP contribution >= 0.6 is 23.7 Å². The van der Waals surface area contributed by atoms with Crippen molar-refractivity contribution in [3.63, 3.8) is 0 Å². The molecule has 0 atom stereocenters. The van der Waals surface area contributed by atoms with Gasteiger partial charge in [0.1, 0.15) is 0 Å². The summed E-state index contributed by atoms with van der Waals surface area (Å²) < 4.78 is 25.4. The number of amides is 1. The van der Waals surface area contributed by atoms with E-state index in [0.29, 0.717) is 18.2 Å². The van der Waals surface area contributed by atoms with Gasteiger partial charge in [0.2, 0.25) is 0 Å². The maximum Gasteiger partial charge on any atom is 0.261 e. The molecular formula is C21H26ClN3O3S2. The number of rotatable bonds is 7. The largest absolute Gasteiger partial charge is 0.308 e. The van der Waals surface area contributed by atoms with Gasteiger partial charge in [0.25, 0.3) is 5.91 Å². The van der Waals surface area contributed by atoms with E-state index in [1.807, 2.05) is 31.1 Å². The minimum Gasteiger partial charge on any atom is -0.308 e. The summed E-state index contributed by atoms with van der Waals surface area (Å²) in [5.41, 5.74) is 2.21. The Bertz CT molecular complexity index is 1140. The van der Waals surface area contributed by atoms with Gasteiger partial charge in [0, 0.05) is 19.3 Å². The quantitative estimate of drug-likeness (QED) is 0.527. The fourth-order valence-electron chi connectivity index (χ4n) is 2.99. The molecule has 162 valence electrons. The second kappa shape index (κ2) is 9.87. The van der Waals surface area contributed by atoms with E-state index in [1.54, 1.807) is 23.1 Å². The first kappa shape index (κ1) is 24.3. The lowest BCUT2D eigenvalue weighted by atomic mass is 10.2. The molecule has 1 aromatic heterocycles. The van der Waals surface area contributed by atoms with Gasteiger partial charge in [0.05, 0.1) is 20.7 Å². The van der Waals surface area contributed by atoms with Gasteiger partial charge < -0.3 is 4.90 Å². The monoisotopic (exact) mass is 467 g/mol. The molecule has 3 rings (SSSR count). The molecule has 0 spiro atoms. The van der Waals surface area contributed by atoms with Crippen LogP contribution in [0.25, 0.3) is 10.2 Å². The summed E-state index contributed by atoms with van der Waals surface area (Å²) in [5.74, 6) is -0.359. The highest BCUT2D eigenvalue weighted by Gasteiger charge is 2.26. The van der Waals surface area contributed by atoms with Gasteiger partial charge in [-0.3, -0.25) is 9.69 Å². The Kier molecular flexibility index (Phi) is 7.99. The third-order valence-electron chi connectivity index (χ3n) is 4.61. The third-order valence-corrected chi connectivity index (χ3v) is 6.81. The van der Waals surface area contributed by atoms with Crippen molar-refractivity contribution in [3.8, 4) is 0 Å². The van der Waals surface area contributed by atoms with Gasteiger partial charge in [-0.25, -0.2) is 13.4 Å². The van der Waals surface area contributed by atoms with Crippen molar-refractivity contribution in [1.82, 2.24) is 9.88 Å². The summed E-state index contributed by atoms with van der Waals surface area (Å²) >= 11 is 1.45. The third kappa shape index (κ3) is 5.37. The zero-order chi connectivity index (χ0) is 21.2. The smallest absolute Gasteiger partial charge is 0.261 e. The van der Waals surface area contributed by atoms with E-state index in [0.717, 1.165) is 22.9 Å². The molecule has 9 heteroatoms. The lowest BCUT2D eigenvalue weighted by Gasteiger charge is -2.22. The maximum atomic E-state index is 13.4. The van der Waals surface area contributed by atoms with Crippen LogP contribution in [0.4, 0.5) is 5.13 Å². The van der Waals surface area contributed by atoms with Gasteiger partial charge in [-0.1, -0.05) is 36.5 Å². The highest BCUT2D eigenvalue weighted by Crippen LogP contribution is 2.31. The number of thiazole rings is 1. The number of anilines is 1. The van der Waals surface area contributed by atoms with Crippen LogP contribution in [-0.2, 0) is 16.3 Å². The molecule has 0 aliphatic carbocycles. The first-order valence-electron chi connectivity index (χ1n) is 9.36. The van der Waals surface area contributed by atoms with Gasteiger partial charge in [-0.15, -0.1) is 12.4 Å². The van der Waals surface area contributed by atoms with Crippen molar-refractivity contribution in [2.24, 2.45) is 0 Å². The summed E-state index contributed by atoms with van der Waals surface area (Å²) in [6, 6.07) is 12.4. The number of halogens is 1. The number of sulfone groups is 1. The van der Waals surface area contributed by atoms with E-state index in [4.69, 9.17) is 0 Å². The standard InChI is InChI=1S/C21H25N3O3S2.ClH/c1-5-15-10-11-17-18(14-15)28-21(22-17)24(13-12-23(2)3)20(25)16-8-6-7-9-19(16)29(4,26)27;/h6-11,14H,5,12-13H2,1-4H3;1H. The minimum absolute atomic E-state index is 0. The van der Waals surface area contributed by atoms with Gasteiger partial charge in [0.15, 0.2) is 15.0 Å². The second-order valence-corrected chi connectivity index (χ2v) is 10.2. The number of benzene rings is 2. The molecule has 0 saturated carbocycles. The number of nitrogens with zero attached hydrogens (tertiary/aromatic N) is 3. The average Bonchev–Trinajstić information content (AvgIpc) is 3.09. The zero-order valence-electron chi connectivity index (χ0n) is 17.5. The summed E-state index contributed by atoms with van der Waals surface area (Å²) in [6.07, 6.45) is 2.04. The van der Waals surface area contributed by atoms with E-state index in [2.05, 4.69) is 18.0 Å². The highest BCUT2D eigenvalue weighted by molar-refractivity contribution is 7.90. The van der Waals surface area contributed by atoms with Crippen molar-refractivity contribution in [1.29, 1.82) is 0 Å². The minimum atomic E-state index is -3.53. The molecule has 0 N–H and O–H groups in total. The molecule has 1 amide bonds. The summed E-state index contributed by atoms with van der Waals surface area (Å²) in [7, 11) is 0.325. The summed E-state index contributed by atoms with van der Waals surface area (Å²) in [4.78, 5) is 21.7. The topological polar surface area (TPSA) is 70.6 Å². The highest BCUT2D eigenvalue weighted by atomic mass is 35.5. The van der Waals surface area contributed by atoms with Crippen LogP contribution in [0.5, 0.6) is 0 Å². The number of hydrogen-bond donors (Lipinski definition) is 0. The predicted octanol–water partition coefficient (Wildman–Crippen LogP) is 3.89. The van der Waals surface area contributed by atoms with Crippen LogP contribution in [0.3, 0.4) is 0 Å². The number of aromatic nitrogens is 1. The van der Waals surface area contributed by atoms with Crippen molar-refractivity contribution < 1.29 is 13.2 Å². The van der Waals surface area contributed by atoms with Gasteiger partial charge >= 0.3 is 0 Å². The molecule has 2 aromatic carbocycles. The molecule has 30 heavy (non-hydrogen) atoms. The van der Waals surface area contributed by atoms with Crippen LogP contribution in [-0.4, -0.2) is 57.6 Å². The molecule has 3 aromatic rings. The van der Waals surface area contributed by atoms with E-state index in [1.165, 1.54) is 23.0 Å². The van der Waals surface area contributed by atoms with Gasteiger partial charge in [-0.2, -0.15) is 0 Å². The predicted molar refractivity (Wildman–Crippen MR) is 126 cm³/mol. The molecule has 0 unspecified atom stereocenters. The molecule has 0 radical (unpaired) electrons. The van der Waals surface area contributed by atoms with Crippen LogP contribution in [0.1, 0.15) is 22.8 Å². The fourth-order valence-corrected chi connectivity index (χ4v) is 4.92. The van der Waals surface area contributed by atoms with Crippen LogP contribution in [0.2, 0.25) is 0 Å². The van der Waals surface area contributed by atoms with Crippen molar-refractivity contribution in [2.75, 3.05) is 38.3 Å². The average molecular weight is 468 g/mol. The van der Waals surface area contributed by atoms with E-state index < -0.39 is 9.84 Å². The summed E-state index contributed by atoms with van der Waals surface area (Å²) in [6.45, 7) is 3.13. The Morgan fingerprint density at radius 3 is 2.43 bits per heavy atom. The molecule has 6 nitrogen and oxygen atoms in total. The number of hydrogen-bond acceptors (Lipinski definition) is 6. The summed E-state index contributed by atoms with van der Waals surface area (Å²) in [5, 5.41) is 0.573. The second-order valence-electron chi connectivity index (χ2n) is 7.18. The lowest BCUT2D eigenvalue weighted by molar-refractivity contribution is 0.0982. The van der Waals surface area contributed by atoms with E-state index >= 15 is 0 Å². The molecule has 0 aliphatic heterocycles. The number of likely N-dealkylation sites (N-methyl/N-ethyl adjacent to an activating group) is 1. The SMILES string of the molecule is CCc1ccc2nc(N(CCN(C)C)C(=O)c3ccccc3S(C)(=O)=O)sc2c1.Cl. The molecular weight excluding hydrogens is 442 g/mol. The fraction of sp³-hybridized carbons (Fsp3) is 0.333. The van der Waals surface area contributed by atoms with Gasteiger partial charge in [-0.05, 0) is 50.3 Å². The number of fused-ring (bicyclic) bond motifs is 1. The molecule has 1 heterocycles. The number of carbonyl (C=O) groups excluding carboxylic acids is 1. The van der Waals surface area contributed by atoms with Crippen LogP contribution in [0.15, 0.2) is 47.4 Å². The zero-order valence-corrected chi connectivity index (χ0v) is 19.9. The van der Waals surface area contributed by atoms with Crippen molar-refractivity contribution in [3.05, 3.63) is 53.6 Å². The van der Waals surface area contributed by atoms with Crippen molar-refractivity contribution >= 4 is 54.8 Å². The Hall–Kier alpha value is -2.00. The maximum absolute atomic E-state index is 13.4. The molecule has 0 bridgehead atoms. The Balaban J connectivity index is 0.00000320. The Labute approximate surface area is 187 Å². The number of carbonyl (C=O) groups is 1. The number of aryl methyl sites for hydroxylation is 1.